The highest BCUT2D eigenvalue weighted by Crippen LogP contribution is 2.24. The fourth-order valence-electron chi connectivity index (χ4n) is 2.55. The minimum atomic E-state index is -0.494. The average molecular weight is 343 g/mol. The van der Waals surface area contributed by atoms with Crippen molar-refractivity contribution in [2.75, 3.05) is 11.9 Å². The molecule has 0 spiro atoms. The highest BCUT2D eigenvalue weighted by Gasteiger charge is 2.23. The Labute approximate surface area is 148 Å². The van der Waals surface area contributed by atoms with E-state index in [0.29, 0.717) is 17.1 Å². The number of carbonyl (C=O) groups is 2. The molecule has 0 saturated carbocycles. The Morgan fingerprint density at radius 2 is 1.80 bits per heavy atom. The Kier molecular flexibility index (Phi) is 5.30. The summed E-state index contributed by atoms with van der Waals surface area (Å²) in [6, 6.07) is 7.44. The average Bonchev–Trinajstić information content (AvgIpc) is 2.80. The summed E-state index contributed by atoms with van der Waals surface area (Å²) in [4.78, 5) is 24.7. The van der Waals surface area contributed by atoms with Crippen LogP contribution in [-0.2, 0) is 17.2 Å². The van der Waals surface area contributed by atoms with Crippen LogP contribution in [0.4, 0.5) is 5.82 Å². The van der Waals surface area contributed by atoms with Crippen LogP contribution in [0.3, 0.4) is 0 Å². The maximum Gasteiger partial charge on any atom is 0.343 e. The largest absolute Gasteiger partial charge is 0.462 e. The molecular formula is C19H25N3O3. The lowest BCUT2D eigenvalue weighted by Crippen LogP contribution is -2.18. The summed E-state index contributed by atoms with van der Waals surface area (Å²) in [5.74, 6) is -0.457. The van der Waals surface area contributed by atoms with Crippen LogP contribution in [0.1, 0.15) is 59.7 Å². The molecule has 0 aliphatic rings. The smallest absolute Gasteiger partial charge is 0.343 e. The molecule has 0 fully saturated rings. The normalized spacial score (nSPS) is 11.3. The molecule has 2 rings (SSSR count). The van der Waals surface area contributed by atoms with Crippen molar-refractivity contribution in [2.45, 2.75) is 40.0 Å². The molecule has 0 saturated heterocycles. The topological polar surface area (TPSA) is 73.2 Å². The van der Waals surface area contributed by atoms with Gasteiger partial charge in [0.25, 0.3) is 5.91 Å². The molecule has 1 heterocycles. The minimum Gasteiger partial charge on any atom is -0.462 e. The summed E-state index contributed by atoms with van der Waals surface area (Å²) in [6.45, 7) is 10.1. The van der Waals surface area contributed by atoms with Gasteiger partial charge in [-0.2, -0.15) is 5.10 Å². The summed E-state index contributed by atoms with van der Waals surface area (Å²) in [7, 11) is 1.67. The van der Waals surface area contributed by atoms with E-state index in [1.165, 1.54) is 4.68 Å². The van der Waals surface area contributed by atoms with Crippen molar-refractivity contribution in [3.05, 3.63) is 46.6 Å². The molecule has 25 heavy (non-hydrogen) atoms. The van der Waals surface area contributed by atoms with Crippen molar-refractivity contribution in [1.82, 2.24) is 9.78 Å². The first-order valence-electron chi connectivity index (χ1n) is 8.27. The van der Waals surface area contributed by atoms with Gasteiger partial charge in [-0.25, -0.2) is 4.79 Å². The molecule has 0 aliphatic carbocycles. The molecule has 1 aromatic heterocycles. The number of esters is 1. The van der Waals surface area contributed by atoms with Crippen molar-refractivity contribution in [2.24, 2.45) is 7.05 Å². The minimum absolute atomic E-state index is 0.0191. The fourth-order valence-corrected chi connectivity index (χ4v) is 2.55. The molecule has 6 heteroatoms. The van der Waals surface area contributed by atoms with Gasteiger partial charge < -0.3 is 10.1 Å². The van der Waals surface area contributed by atoms with Gasteiger partial charge in [-0.05, 0) is 37.0 Å². The third-order valence-corrected chi connectivity index (χ3v) is 3.95. The van der Waals surface area contributed by atoms with Gasteiger partial charge in [0.1, 0.15) is 11.4 Å². The molecule has 1 amide bonds. The number of aryl methyl sites for hydroxylation is 2. The van der Waals surface area contributed by atoms with E-state index in [9.17, 15) is 9.59 Å². The molecule has 1 N–H and O–H groups in total. The second kappa shape index (κ2) is 7.09. The first-order valence-corrected chi connectivity index (χ1v) is 8.27. The quantitative estimate of drug-likeness (QED) is 0.863. The van der Waals surface area contributed by atoms with Crippen LogP contribution >= 0.6 is 0 Å². The first kappa shape index (κ1) is 18.7. The second-order valence-corrected chi connectivity index (χ2v) is 6.93. The van der Waals surface area contributed by atoms with Crippen molar-refractivity contribution in [3.8, 4) is 0 Å². The summed E-state index contributed by atoms with van der Waals surface area (Å²) < 4.78 is 6.53. The van der Waals surface area contributed by atoms with Crippen LogP contribution in [-0.4, -0.2) is 28.3 Å². The van der Waals surface area contributed by atoms with Crippen LogP contribution in [0.5, 0.6) is 0 Å². The molecule has 0 aliphatic heterocycles. The molecule has 0 radical (unpaired) electrons. The fraction of sp³-hybridized carbons (Fsp3) is 0.421. The standard InChI is InChI=1S/C19H25N3O3/c1-7-25-18(24)15-12(2)21-22(6)16(15)20-17(23)13-8-10-14(11-9-13)19(3,4)5/h8-11H,7H2,1-6H3,(H,20,23). The zero-order valence-corrected chi connectivity index (χ0v) is 15.6. The number of carbonyl (C=O) groups excluding carboxylic acids is 2. The van der Waals surface area contributed by atoms with Gasteiger partial charge in [-0.1, -0.05) is 32.9 Å². The van der Waals surface area contributed by atoms with Gasteiger partial charge >= 0.3 is 5.97 Å². The van der Waals surface area contributed by atoms with E-state index in [-0.39, 0.29) is 23.5 Å². The summed E-state index contributed by atoms with van der Waals surface area (Å²) in [5, 5.41) is 6.98. The summed E-state index contributed by atoms with van der Waals surface area (Å²) in [5.41, 5.74) is 2.48. The molecule has 1 aromatic carbocycles. The van der Waals surface area contributed by atoms with Gasteiger partial charge in [0.15, 0.2) is 0 Å². The number of benzene rings is 1. The number of hydrogen-bond donors (Lipinski definition) is 1. The number of aromatic nitrogens is 2. The van der Waals surface area contributed by atoms with Crippen LogP contribution in [0.2, 0.25) is 0 Å². The van der Waals surface area contributed by atoms with Crippen LogP contribution in [0.15, 0.2) is 24.3 Å². The Morgan fingerprint density at radius 3 is 2.32 bits per heavy atom. The highest BCUT2D eigenvalue weighted by atomic mass is 16.5. The number of amides is 1. The predicted molar refractivity (Wildman–Crippen MR) is 97.0 cm³/mol. The van der Waals surface area contributed by atoms with Gasteiger partial charge in [0, 0.05) is 12.6 Å². The van der Waals surface area contributed by atoms with Crippen LogP contribution in [0, 0.1) is 6.92 Å². The summed E-state index contributed by atoms with van der Waals surface area (Å²) >= 11 is 0. The second-order valence-electron chi connectivity index (χ2n) is 6.93. The molecule has 134 valence electrons. The van der Waals surface area contributed by atoms with E-state index < -0.39 is 5.97 Å². The Hall–Kier alpha value is -2.63. The maximum absolute atomic E-state index is 12.6. The van der Waals surface area contributed by atoms with Crippen molar-refractivity contribution in [1.29, 1.82) is 0 Å². The lowest BCUT2D eigenvalue weighted by molar-refractivity contribution is 0.0526. The Balaban J connectivity index is 2.28. The lowest BCUT2D eigenvalue weighted by atomic mass is 9.87. The molecular weight excluding hydrogens is 318 g/mol. The van der Waals surface area contributed by atoms with Crippen molar-refractivity contribution < 1.29 is 14.3 Å². The van der Waals surface area contributed by atoms with E-state index in [4.69, 9.17) is 4.74 Å². The van der Waals surface area contributed by atoms with Gasteiger partial charge in [0.05, 0.1) is 12.3 Å². The number of hydrogen-bond acceptors (Lipinski definition) is 4. The molecule has 0 unspecified atom stereocenters. The zero-order valence-electron chi connectivity index (χ0n) is 15.6. The van der Waals surface area contributed by atoms with Crippen LogP contribution < -0.4 is 5.32 Å². The third-order valence-electron chi connectivity index (χ3n) is 3.95. The molecule has 0 bridgehead atoms. The Bertz CT molecular complexity index is 783. The number of nitrogens with one attached hydrogen (secondary N) is 1. The molecule has 6 nitrogen and oxygen atoms in total. The SMILES string of the molecule is CCOC(=O)c1c(C)nn(C)c1NC(=O)c1ccc(C(C)(C)C)cc1. The van der Waals surface area contributed by atoms with Gasteiger partial charge in [-0.3, -0.25) is 9.48 Å². The van der Waals surface area contributed by atoms with E-state index in [1.807, 2.05) is 12.1 Å². The number of nitrogens with zero attached hydrogens (tertiary/aromatic N) is 2. The van der Waals surface area contributed by atoms with Crippen molar-refractivity contribution in [3.63, 3.8) is 0 Å². The summed E-state index contributed by atoms with van der Waals surface area (Å²) in [6.07, 6.45) is 0. The number of ether oxygens (including phenoxy) is 1. The third kappa shape index (κ3) is 4.07. The van der Waals surface area contributed by atoms with Crippen molar-refractivity contribution >= 4 is 17.7 Å². The number of rotatable bonds is 4. The number of anilines is 1. The predicted octanol–water partition coefficient (Wildman–Crippen LogP) is 3.46. The lowest BCUT2D eigenvalue weighted by Gasteiger charge is -2.19. The van der Waals surface area contributed by atoms with E-state index in [1.54, 1.807) is 33.0 Å². The molecule has 2 aromatic rings. The Morgan fingerprint density at radius 1 is 1.20 bits per heavy atom. The van der Waals surface area contributed by atoms with E-state index in [2.05, 4.69) is 31.2 Å². The molecule has 0 atom stereocenters. The van der Waals surface area contributed by atoms with E-state index >= 15 is 0 Å². The zero-order chi connectivity index (χ0) is 18.8. The van der Waals surface area contributed by atoms with Gasteiger partial charge in [0.2, 0.25) is 0 Å². The van der Waals surface area contributed by atoms with Crippen LogP contribution in [0.25, 0.3) is 0 Å². The maximum atomic E-state index is 12.6. The van der Waals surface area contributed by atoms with E-state index in [0.717, 1.165) is 5.56 Å². The first-order chi connectivity index (χ1) is 11.6. The van der Waals surface area contributed by atoms with Gasteiger partial charge in [-0.15, -0.1) is 0 Å². The highest BCUT2D eigenvalue weighted by molar-refractivity contribution is 6.07. The monoisotopic (exact) mass is 343 g/mol.